The quantitative estimate of drug-likeness (QED) is 0.524. The summed E-state index contributed by atoms with van der Waals surface area (Å²) in [6.45, 7) is 6.23. The summed E-state index contributed by atoms with van der Waals surface area (Å²) in [5, 5.41) is 9.42. The minimum Gasteiger partial charge on any atom is -0.393 e. The van der Waals surface area contributed by atoms with Crippen LogP contribution in [0, 0.1) is 0 Å². The predicted molar refractivity (Wildman–Crippen MR) is 83.0 cm³/mol. The largest absolute Gasteiger partial charge is 0.393 e. The van der Waals surface area contributed by atoms with Crippen molar-refractivity contribution in [3.63, 3.8) is 0 Å². The second kappa shape index (κ2) is 17.4. The standard InChI is InChI=1S/C14H29NO2.C2H6/c1-2-3-4-5-6-7-8-9-10-11-13(16)12-14(15)17;1-2/h13,16H,2-12H2,1H3,(H2,15,17);1-2H3/t13-;/m1./s1. The Balaban J connectivity index is 0. The van der Waals surface area contributed by atoms with E-state index in [9.17, 15) is 9.90 Å². The Morgan fingerprint density at radius 3 is 1.79 bits per heavy atom. The highest BCUT2D eigenvalue weighted by molar-refractivity contribution is 5.74. The van der Waals surface area contributed by atoms with Gasteiger partial charge in [-0.25, -0.2) is 0 Å². The molecule has 3 N–H and O–H groups in total. The molecule has 0 saturated carbocycles. The van der Waals surface area contributed by atoms with Crippen LogP contribution in [0.15, 0.2) is 0 Å². The molecule has 0 heterocycles. The number of nitrogens with two attached hydrogens (primary N) is 1. The molecule has 0 rings (SSSR count). The van der Waals surface area contributed by atoms with Crippen molar-refractivity contribution >= 4 is 5.91 Å². The van der Waals surface area contributed by atoms with Crippen molar-refractivity contribution in [2.24, 2.45) is 5.73 Å². The molecular formula is C16H35NO2. The van der Waals surface area contributed by atoms with E-state index in [1.807, 2.05) is 13.8 Å². The SMILES string of the molecule is CC.CCCCCCCCCCC[C@@H](O)CC(N)=O. The van der Waals surface area contributed by atoms with Gasteiger partial charge in [0, 0.05) is 0 Å². The van der Waals surface area contributed by atoms with E-state index in [1.165, 1.54) is 44.9 Å². The molecule has 0 radical (unpaired) electrons. The summed E-state index contributed by atoms with van der Waals surface area (Å²) in [7, 11) is 0. The highest BCUT2D eigenvalue weighted by atomic mass is 16.3. The second-order valence-electron chi connectivity index (χ2n) is 4.94. The van der Waals surface area contributed by atoms with Crippen LogP contribution < -0.4 is 5.73 Å². The van der Waals surface area contributed by atoms with E-state index in [0.717, 1.165) is 12.8 Å². The maximum Gasteiger partial charge on any atom is 0.220 e. The molecule has 3 heteroatoms. The fraction of sp³-hybridized carbons (Fsp3) is 0.938. The lowest BCUT2D eigenvalue weighted by Gasteiger charge is -2.07. The summed E-state index contributed by atoms with van der Waals surface area (Å²) in [5.74, 6) is -0.409. The lowest BCUT2D eigenvalue weighted by atomic mass is 10.0. The molecule has 0 aromatic heterocycles. The lowest BCUT2D eigenvalue weighted by Crippen LogP contribution is -2.19. The van der Waals surface area contributed by atoms with Gasteiger partial charge < -0.3 is 10.8 Å². The third kappa shape index (κ3) is 19.9. The molecule has 0 spiro atoms. The van der Waals surface area contributed by atoms with Gasteiger partial charge in [-0.15, -0.1) is 0 Å². The van der Waals surface area contributed by atoms with Gasteiger partial charge in [-0.1, -0.05) is 78.6 Å². The molecule has 0 aliphatic carbocycles. The number of amides is 1. The van der Waals surface area contributed by atoms with Gasteiger partial charge in [-0.2, -0.15) is 0 Å². The second-order valence-corrected chi connectivity index (χ2v) is 4.94. The zero-order valence-corrected chi connectivity index (χ0v) is 13.3. The van der Waals surface area contributed by atoms with E-state index in [1.54, 1.807) is 0 Å². The average molecular weight is 273 g/mol. The van der Waals surface area contributed by atoms with Crippen LogP contribution >= 0.6 is 0 Å². The maximum atomic E-state index is 10.5. The first-order valence-corrected chi connectivity index (χ1v) is 8.13. The van der Waals surface area contributed by atoms with Gasteiger partial charge in [-0.3, -0.25) is 4.79 Å². The highest BCUT2D eigenvalue weighted by Crippen LogP contribution is 2.12. The number of unbranched alkanes of at least 4 members (excludes halogenated alkanes) is 8. The third-order valence-corrected chi connectivity index (χ3v) is 3.08. The van der Waals surface area contributed by atoms with Crippen molar-refractivity contribution in [1.82, 2.24) is 0 Å². The number of aliphatic hydroxyl groups is 1. The summed E-state index contributed by atoms with van der Waals surface area (Å²) < 4.78 is 0. The molecule has 0 bridgehead atoms. The lowest BCUT2D eigenvalue weighted by molar-refractivity contribution is -0.119. The van der Waals surface area contributed by atoms with Gasteiger partial charge >= 0.3 is 0 Å². The first-order chi connectivity index (χ1) is 9.16. The minimum absolute atomic E-state index is 0.108. The summed E-state index contributed by atoms with van der Waals surface area (Å²) in [6, 6.07) is 0. The first-order valence-electron chi connectivity index (χ1n) is 8.13. The molecule has 0 fully saturated rings. The first kappa shape index (κ1) is 20.7. The van der Waals surface area contributed by atoms with Crippen LogP contribution in [0.3, 0.4) is 0 Å². The molecule has 0 aliphatic rings. The predicted octanol–water partition coefficient (Wildman–Crippen LogP) is 4.17. The van der Waals surface area contributed by atoms with Crippen LogP contribution in [-0.2, 0) is 4.79 Å². The van der Waals surface area contributed by atoms with Crippen molar-refractivity contribution in [3.8, 4) is 0 Å². The number of rotatable bonds is 12. The summed E-state index contributed by atoms with van der Waals surface area (Å²) in [4.78, 5) is 10.5. The van der Waals surface area contributed by atoms with Crippen molar-refractivity contribution in [3.05, 3.63) is 0 Å². The van der Waals surface area contributed by atoms with Crippen molar-refractivity contribution < 1.29 is 9.90 Å². The summed E-state index contributed by atoms with van der Waals surface area (Å²) >= 11 is 0. The van der Waals surface area contributed by atoms with Gasteiger partial charge in [-0.05, 0) is 6.42 Å². The Labute approximate surface area is 120 Å². The van der Waals surface area contributed by atoms with Gasteiger partial charge in [0.2, 0.25) is 5.91 Å². The molecule has 19 heavy (non-hydrogen) atoms. The van der Waals surface area contributed by atoms with Gasteiger partial charge in [0.25, 0.3) is 0 Å². The maximum absolute atomic E-state index is 10.5. The van der Waals surface area contributed by atoms with E-state index in [2.05, 4.69) is 6.92 Å². The molecule has 0 saturated heterocycles. The third-order valence-electron chi connectivity index (χ3n) is 3.08. The number of hydrogen-bond donors (Lipinski definition) is 2. The van der Waals surface area contributed by atoms with Crippen LogP contribution in [0.25, 0.3) is 0 Å². The van der Waals surface area contributed by atoms with Crippen LogP contribution in [0.1, 0.15) is 91.4 Å². The van der Waals surface area contributed by atoms with E-state index in [0.29, 0.717) is 6.42 Å². The zero-order valence-electron chi connectivity index (χ0n) is 13.3. The fourth-order valence-electron chi connectivity index (χ4n) is 2.02. The Hall–Kier alpha value is -0.570. The number of carbonyl (C=O) groups is 1. The molecule has 0 aliphatic heterocycles. The van der Waals surface area contributed by atoms with E-state index < -0.39 is 12.0 Å². The van der Waals surface area contributed by atoms with Crippen LogP contribution in [0.2, 0.25) is 0 Å². The molecule has 0 unspecified atom stereocenters. The summed E-state index contributed by atoms with van der Waals surface area (Å²) in [6.07, 6.45) is 11.7. The zero-order chi connectivity index (χ0) is 14.9. The topological polar surface area (TPSA) is 63.3 Å². The normalized spacial score (nSPS) is 11.6. The Bertz CT molecular complexity index is 184. The van der Waals surface area contributed by atoms with Gasteiger partial charge in [0.1, 0.15) is 0 Å². The molecule has 0 aromatic rings. The van der Waals surface area contributed by atoms with Crippen LogP contribution in [0.5, 0.6) is 0 Å². The van der Waals surface area contributed by atoms with Crippen molar-refractivity contribution in [2.75, 3.05) is 0 Å². The van der Waals surface area contributed by atoms with E-state index >= 15 is 0 Å². The van der Waals surface area contributed by atoms with Crippen molar-refractivity contribution in [1.29, 1.82) is 0 Å². The molecular weight excluding hydrogens is 238 g/mol. The van der Waals surface area contributed by atoms with Gasteiger partial charge in [0.05, 0.1) is 12.5 Å². The van der Waals surface area contributed by atoms with Crippen molar-refractivity contribution in [2.45, 2.75) is 97.5 Å². The number of aliphatic hydroxyl groups excluding tert-OH is 1. The number of carbonyl (C=O) groups excluding carboxylic acids is 1. The highest BCUT2D eigenvalue weighted by Gasteiger charge is 2.06. The molecule has 116 valence electrons. The molecule has 3 nitrogen and oxygen atoms in total. The van der Waals surface area contributed by atoms with E-state index in [4.69, 9.17) is 5.73 Å². The van der Waals surface area contributed by atoms with Crippen LogP contribution in [-0.4, -0.2) is 17.1 Å². The molecule has 1 atom stereocenters. The smallest absolute Gasteiger partial charge is 0.220 e. The minimum atomic E-state index is -0.531. The summed E-state index contributed by atoms with van der Waals surface area (Å²) in [5.41, 5.74) is 5.00. The Morgan fingerprint density at radius 2 is 1.37 bits per heavy atom. The molecule has 0 aromatic carbocycles. The monoisotopic (exact) mass is 273 g/mol. The fourth-order valence-corrected chi connectivity index (χ4v) is 2.02. The van der Waals surface area contributed by atoms with E-state index in [-0.39, 0.29) is 6.42 Å². The van der Waals surface area contributed by atoms with Gasteiger partial charge in [0.15, 0.2) is 0 Å². The number of hydrogen-bond acceptors (Lipinski definition) is 2. The van der Waals surface area contributed by atoms with Crippen LogP contribution in [0.4, 0.5) is 0 Å². The molecule has 1 amide bonds. The number of primary amides is 1. The average Bonchev–Trinajstić information content (AvgIpc) is 2.38. The Morgan fingerprint density at radius 1 is 0.947 bits per heavy atom. The Kier molecular flexibility index (Phi) is 19.0.